The number of hydrogen-bond acceptors (Lipinski definition) is 7. The zero-order valence-corrected chi connectivity index (χ0v) is 24.0. The van der Waals surface area contributed by atoms with Crippen LogP contribution in [-0.4, -0.2) is 34.0 Å². The standard InChI is InChI=1S/C32H33N5O4/c1-7-19(3)26-23(21-9-8-10-22(15-21)28(38)36-32(4,5)31-34-17-40-37-31)16-24-25(29(39)33-6)27(41-30(24)35-26)20-13-11-18(2)12-14-20/h8-17,19H,7H2,1-6H3,(H,33,39)(H,36,38)/t19-/m0/s1. The van der Waals surface area contributed by atoms with Gasteiger partial charge in [0, 0.05) is 23.7 Å². The summed E-state index contributed by atoms with van der Waals surface area (Å²) in [6, 6.07) is 17.2. The number of amides is 2. The third-order valence-electron chi connectivity index (χ3n) is 7.34. The molecule has 1 atom stereocenters. The van der Waals surface area contributed by atoms with Crippen molar-refractivity contribution in [1.29, 1.82) is 0 Å². The minimum absolute atomic E-state index is 0.0976. The van der Waals surface area contributed by atoms with E-state index >= 15 is 0 Å². The van der Waals surface area contributed by atoms with Crippen molar-refractivity contribution in [2.24, 2.45) is 0 Å². The van der Waals surface area contributed by atoms with Crippen molar-refractivity contribution in [3.63, 3.8) is 0 Å². The maximum atomic E-state index is 13.3. The van der Waals surface area contributed by atoms with Crippen LogP contribution >= 0.6 is 0 Å². The Balaban J connectivity index is 1.64. The highest BCUT2D eigenvalue weighted by atomic mass is 16.5. The Bertz CT molecular complexity index is 1720. The van der Waals surface area contributed by atoms with E-state index in [-0.39, 0.29) is 17.7 Å². The first-order valence-electron chi connectivity index (χ1n) is 13.6. The highest BCUT2D eigenvalue weighted by Crippen LogP contribution is 2.39. The number of aromatic nitrogens is 3. The monoisotopic (exact) mass is 551 g/mol. The number of nitrogens with zero attached hydrogens (tertiary/aromatic N) is 3. The van der Waals surface area contributed by atoms with Crippen LogP contribution in [0.1, 0.15) is 77.8 Å². The van der Waals surface area contributed by atoms with Gasteiger partial charge in [-0.15, -0.1) is 0 Å². The van der Waals surface area contributed by atoms with Gasteiger partial charge in [0.2, 0.25) is 12.1 Å². The lowest BCUT2D eigenvalue weighted by molar-refractivity contribution is 0.0906. The van der Waals surface area contributed by atoms with Crippen LogP contribution in [0.5, 0.6) is 0 Å². The third kappa shape index (κ3) is 5.35. The zero-order chi connectivity index (χ0) is 29.3. The molecule has 0 radical (unpaired) electrons. The summed E-state index contributed by atoms with van der Waals surface area (Å²) in [4.78, 5) is 35.5. The lowest BCUT2D eigenvalue weighted by atomic mass is 9.92. The summed E-state index contributed by atoms with van der Waals surface area (Å²) in [7, 11) is 1.60. The zero-order valence-electron chi connectivity index (χ0n) is 24.0. The van der Waals surface area contributed by atoms with Crippen LogP contribution < -0.4 is 10.6 Å². The average Bonchev–Trinajstić information content (AvgIpc) is 3.65. The van der Waals surface area contributed by atoms with Crippen LogP contribution in [0.3, 0.4) is 0 Å². The maximum Gasteiger partial charge on any atom is 0.255 e. The molecule has 3 heterocycles. The van der Waals surface area contributed by atoms with Gasteiger partial charge >= 0.3 is 0 Å². The lowest BCUT2D eigenvalue weighted by Gasteiger charge is -2.22. The molecule has 0 fully saturated rings. The molecular formula is C32H33N5O4. The van der Waals surface area contributed by atoms with Crippen LogP contribution in [0.15, 0.2) is 69.9 Å². The summed E-state index contributed by atoms with van der Waals surface area (Å²) in [5.74, 6) is 0.398. The topological polar surface area (TPSA) is 123 Å². The number of benzene rings is 2. The van der Waals surface area contributed by atoms with Crippen molar-refractivity contribution in [1.82, 2.24) is 25.8 Å². The first-order chi connectivity index (χ1) is 19.6. The number of nitrogens with one attached hydrogen (secondary N) is 2. The summed E-state index contributed by atoms with van der Waals surface area (Å²) in [5.41, 5.74) is 4.82. The molecule has 2 amide bonds. The van der Waals surface area contributed by atoms with Crippen LogP contribution in [-0.2, 0) is 5.54 Å². The third-order valence-corrected chi connectivity index (χ3v) is 7.34. The molecule has 2 aromatic carbocycles. The summed E-state index contributed by atoms with van der Waals surface area (Å²) in [5, 5.41) is 10.2. The molecule has 0 aliphatic rings. The van der Waals surface area contributed by atoms with Gasteiger partial charge in [0.1, 0.15) is 5.76 Å². The van der Waals surface area contributed by atoms with Gasteiger partial charge in [0.15, 0.2) is 5.82 Å². The number of pyridine rings is 1. The van der Waals surface area contributed by atoms with E-state index in [1.165, 1.54) is 6.39 Å². The van der Waals surface area contributed by atoms with Crippen LogP contribution in [0.4, 0.5) is 0 Å². The molecule has 41 heavy (non-hydrogen) atoms. The highest BCUT2D eigenvalue weighted by molar-refractivity contribution is 6.11. The number of carbonyl (C=O) groups excluding carboxylic acids is 2. The minimum atomic E-state index is -0.839. The SMILES string of the molecule is CC[C@H](C)c1nc2oc(-c3ccc(C)cc3)c(C(=O)NC)c2cc1-c1cccc(C(=O)NC(C)(C)c2ncon2)c1. The van der Waals surface area contributed by atoms with Crippen molar-refractivity contribution in [2.45, 2.75) is 52.5 Å². The van der Waals surface area contributed by atoms with E-state index in [2.05, 4.69) is 34.6 Å². The number of aryl methyl sites for hydroxylation is 1. The Morgan fingerprint density at radius 2 is 1.78 bits per heavy atom. The first-order valence-corrected chi connectivity index (χ1v) is 13.6. The van der Waals surface area contributed by atoms with Gasteiger partial charge in [-0.3, -0.25) is 9.59 Å². The average molecular weight is 552 g/mol. The van der Waals surface area contributed by atoms with E-state index in [0.29, 0.717) is 33.8 Å². The molecule has 2 N–H and O–H groups in total. The molecule has 9 nitrogen and oxygen atoms in total. The normalized spacial score (nSPS) is 12.3. The summed E-state index contributed by atoms with van der Waals surface area (Å²) in [6.45, 7) is 9.83. The predicted octanol–water partition coefficient (Wildman–Crippen LogP) is 6.39. The Morgan fingerprint density at radius 1 is 1.02 bits per heavy atom. The van der Waals surface area contributed by atoms with Gasteiger partial charge in [0.25, 0.3) is 11.8 Å². The number of rotatable bonds is 8. The predicted molar refractivity (Wildman–Crippen MR) is 157 cm³/mol. The van der Waals surface area contributed by atoms with Crippen molar-refractivity contribution in [2.75, 3.05) is 7.05 Å². The fourth-order valence-electron chi connectivity index (χ4n) is 4.78. The number of furan rings is 1. The molecular weight excluding hydrogens is 518 g/mol. The van der Waals surface area contributed by atoms with Gasteiger partial charge in [-0.05, 0) is 56.9 Å². The van der Waals surface area contributed by atoms with E-state index in [1.807, 2.05) is 69.3 Å². The maximum absolute atomic E-state index is 13.3. The molecule has 210 valence electrons. The Hall–Kier alpha value is -4.79. The summed E-state index contributed by atoms with van der Waals surface area (Å²) < 4.78 is 11.1. The largest absolute Gasteiger partial charge is 0.437 e. The van der Waals surface area contributed by atoms with Crippen LogP contribution in [0, 0.1) is 6.92 Å². The van der Waals surface area contributed by atoms with Crippen LogP contribution in [0.25, 0.3) is 33.6 Å². The molecule has 0 unspecified atom stereocenters. The molecule has 0 bridgehead atoms. The van der Waals surface area contributed by atoms with Crippen molar-refractivity contribution in [3.8, 4) is 22.5 Å². The molecule has 0 aliphatic carbocycles. The highest BCUT2D eigenvalue weighted by Gasteiger charge is 2.29. The number of carbonyl (C=O) groups is 2. The molecule has 0 aliphatic heterocycles. The van der Waals surface area contributed by atoms with Crippen molar-refractivity contribution >= 4 is 22.9 Å². The molecule has 5 rings (SSSR count). The fourth-order valence-corrected chi connectivity index (χ4v) is 4.78. The van der Waals surface area contributed by atoms with E-state index in [9.17, 15) is 9.59 Å². The van der Waals surface area contributed by atoms with E-state index in [4.69, 9.17) is 13.9 Å². The Labute approximate surface area is 238 Å². The summed E-state index contributed by atoms with van der Waals surface area (Å²) in [6.07, 6.45) is 2.08. The van der Waals surface area contributed by atoms with E-state index < -0.39 is 5.54 Å². The molecule has 3 aromatic heterocycles. The molecule has 5 aromatic rings. The van der Waals surface area contributed by atoms with E-state index in [1.54, 1.807) is 13.1 Å². The second-order valence-corrected chi connectivity index (χ2v) is 10.7. The van der Waals surface area contributed by atoms with Gasteiger partial charge in [0.05, 0.1) is 22.2 Å². The van der Waals surface area contributed by atoms with E-state index in [0.717, 1.165) is 34.4 Å². The molecule has 9 heteroatoms. The van der Waals surface area contributed by atoms with Crippen LogP contribution in [0.2, 0.25) is 0 Å². The van der Waals surface area contributed by atoms with Crippen molar-refractivity contribution in [3.05, 3.63) is 89.2 Å². The van der Waals surface area contributed by atoms with Gasteiger partial charge in [-0.2, -0.15) is 4.98 Å². The van der Waals surface area contributed by atoms with Gasteiger partial charge in [-0.1, -0.05) is 61.0 Å². The first kappa shape index (κ1) is 27.8. The molecule has 0 saturated heterocycles. The summed E-state index contributed by atoms with van der Waals surface area (Å²) >= 11 is 0. The molecule has 0 spiro atoms. The van der Waals surface area contributed by atoms with Gasteiger partial charge < -0.3 is 19.6 Å². The second-order valence-electron chi connectivity index (χ2n) is 10.7. The second kappa shape index (κ2) is 11.0. The number of hydrogen-bond donors (Lipinski definition) is 2. The number of fused-ring (bicyclic) bond motifs is 1. The minimum Gasteiger partial charge on any atom is -0.437 e. The fraction of sp³-hybridized carbons (Fsp3) is 0.281. The smallest absolute Gasteiger partial charge is 0.255 e. The molecule has 0 saturated carbocycles. The Kier molecular flexibility index (Phi) is 7.45. The Morgan fingerprint density at radius 3 is 2.44 bits per heavy atom. The lowest BCUT2D eigenvalue weighted by Crippen LogP contribution is -2.41. The van der Waals surface area contributed by atoms with Crippen molar-refractivity contribution < 1.29 is 18.5 Å². The quantitative estimate of drug-likeness (QED) is 0.229. The van der Waals surface area contributed by atoms with Gasteiger partial charge in [-0.25, -0.2) is 4.98 Å².